The van der Waals surface area contributed by atoms with Crippen LogP contribution < -0.4 is 0 Å². The number of benzene rings is 2. The Labute approximate surface area is 189 Å². The zero-order chi connectivity index (χ0) is 21.8. The summed E-state index contributed by atoms with van der Waals surface area (Å²) in [6.45, 7) is 4.40. The van der Waals surface area contributed by atoms with Crippen LogP contribution in [-0.2, 0) is 16.9 Å². The number of hydrogen-bond acceptors (Lipinski definition) is 4. The van der Waals surface area contributed by atoms with E-state index in [1.54, 1.807) is 10.8 Å². The molecule has 8 heteroatoms. The van der Waals surface area contributed by atoms with Crippen LogP contribution in [0.15, 0.2) is 66.6 Å². The Hall–Kier alpha value is -2.22. The largest absolute Gasteiger partial charge is 0.368 e. The van der Waals surface area contributed by atoms with Crippen molar-refractivity contribution in [3.8, 4) is 0 Å². The molecule has 1 saturated heterocycles. The van der Waals surface area contributed by atoms with Gasteiger partial charge < -0.3 is 4.74 Å². The SMILES string of the molecule is C=CCSc1ncnn1CC1(c2ccc(F)cc2F)OCCCC1c1ccccc1Cl. The fraction of sp³-hybridized carbons (Fsp3) is 0.304. The Kier molecular flexibility index (Phi) is 6.74. The van der Waals surface area contributed by atoms with Gasteiger partial charge >= 0.3 is 0 Å². The van der Waals surface area contributed by atoms with E-state index in [1.165, 1.54) is 30.2 Å². The highest BCUT2D eigenvalue weighted by atomic mass is 35.5. The molecule has 162 valence electrons. The zero-order valence-electron chi connectivity index (χ0n) is 16.8. The van der Waals surface area contributed by atoms with Crippen LogP contribution in [0.5, 0.6) is 0 Å². The van der Waals surface area contributed by atoms with Crippen LogP contribution in [0.3, 0.4) is 0 Å². The van der Waals surface area contributed by atoms with Crippen LogP contribution in [0.2, 0.25) is 5.02 Å². The molecule has 0 radical (unpaired) electrons. The fourth-order valence-electron chi connectivity index (χ4n) is 4.21. The minimum Gasteiger partial charge on any atom is -0.368 e. The Morgan fingerprint density at radius 3 is 2.90 bits per heavy atom. The average Bonchev–Trinajstić information content (AvgIpc) is 3.19. The normalized spacial score (nSPS) is 21.2. The van der Waals surface area contributed by atoms with E-state index in [1.807, 2.05) is 24.3 Å². The first-order valence-electron chi connectivity index (χ1n) is 10.0. The maximum atomic E-state index is 15.2. The molecule has 4 rings (SSSR count). The standard InChI is InChI=1S/C23H22ClF2N3OS/c1-2-12-31-22-27-15-28-29(22)14-23(19-10-9-16(25)13-21(19)26)18(7-5-11-30-23)17-6-3-4-8-20(17)24/h2-4,6,8-10,13,15,18H,1,5,7,11-12,14H2. The zero-order valence-corrected chi connectivity index (χ0v) is 18.4. The minimum absolute atomic E-state index is 0.213. The molecule has 1 aliphatic heterocycles. The molecule has 1 fully saturated rings. The molecule has 0 bridgehead atoms. The first-order chi connectivity index (χ1) is 15.0. The van der Waals surface area contributed by atoms with E-state index in [0.29, 0.717) is 22.5 Å². The molecule has 1 aromatic heterocycles. The molecule has 0 spiro atoms. The Morgan fingerprint density at radius 1 is 1.29 bits per heavy atom. The average molecular weight is 462 g/mol. The third-order valence-corrected chi connectivity index (χ3v) is 6.84. The van der Waals surface area contributed by atoms with Crippen molar-refractivity contribution in [2.75, 3.05) is 12.4 Å². The van der Waals surface area contributed by atoms with E-state index in [-0.39, 0.29) is 18.0 Å². The van der Waals surface area contributed by atoms with Crippen molar-refractivity contribution in [3.05, 3.63) is 89.2 Å². The second-order valence-electron chi connectivity index (χ2n) is 7.38. The first-order valence-corrected chi connectivity index (χ1v) is 11.4. The summed E-state index contributed by atoms with van der Waals surface area (Å²) in [6.07, 6.45) is 4.79. The molecule has 2 atom stereocenters. The maximum Gasteiger partial charge on any atom is 0.186 e. The smallest absolute Gasteiger partial charge is 0.186 e. The van der Waals surface area contributed by atoms with E-state index >= 15 is 4.39 Å². The van der Waals surface area contributed by atoms with Crippen LogP contribution in [0.4, 0.5) is 8.78 Å². The highest BCUT2D eigenvalue weighted by Crippen LogP contribution is 2.49. The van der Waals surface area contributed by atoms with E-state index in [9.17, 15) is 4.39 Å². The van der Waals surface area contributed by atoms with Crippen LogP contribution in [0.1, 0.15) is 29.9 Å². The molecule has 2 unspecified atom stereocenters. The molecule has 31 heavy (non-hydrogen) atoms. The van der Waals surface area contributed by atoms with Gasteiger partial charge in [-0.2, -0.15) is 5.10 Å². The predicted octanol–water partition coefficient (Wildman–Crippen LogP) is 5.98. The molecule has 0 N–H and O–H groups in total. The van der Waals surface area contributed by atoms with Crippen molar-refractivity contribution < 1.29 is 13.5 Å². The molecular weight excluding hydrogens is 440 g/mol. The van der Waals surface area contributed by atoms with Crippen LogP contribution in [0.25, 0.3) is 0 Å². The number of hydrogen-bond donors (Lipinski definition) is 0. The van der Waals surface area contributed by atoms with Crippen molar-refractivity contribution >= 4 is 23.4 Å². The van der Waals surface area contributed by atoms with E-state index in [0.717, 1.165) is 24.5 Å². The molecule has 0 aliphatic carbocycles. The summed E-state index contributed by atoms with van der Waals surface area (Å²) in [7, 11) is 0. The molecule has 1 aliphatic rings. The van der Waals surface area contributed by atoms with Gasteiger partial charge in [0, 0.05) is 34.9 Å². The predicted molar refractivity (Wildman–Crippen MR) is 118 cm³/mol. The summed E-state index contributed by atoms with van der Waals surface area (Å²) in [6, 6.07) is 11.1. The van der Waals surface area contributed by atoms with Gasteiger partial charge in [-0.15, -0.1) is 6.58 Å². The van der Waals surface area contributed by atoms with Crippen molar-refractivity contribution in [2.24, 2.45) is 0 Å². The second-order valence-corrected chi connectivity index (χ2v) is 8.77. The van der Waals surface area contributed by atoms with Crippen LogP contribution in [-0.4, -0.2) is 27.1 Å². The first kappa shape index (κ1) is 22.0. The molecule has 0 amide bonds. The van der Waals surface area contributed by atoms with Gasteiger partial charge in [0.2, 0.25) is 0 Å². The quantitative estimate of drug-likeness (QED) is 0.320. The summed E-state index contributed by atoms with van der Waals surface area (Å²) in [5.74, 6) is -0.883. The molecule has 2 heterocycles. The van der Waals surface area contributed by atoms with Crippen LogP contribution in [0, 0.1) is 11.6 Å². The molecular formula is C23H22ClF2N3OS. The monoisotopic (exact) mass is 461 g/mol. The summed E-state index contributed by atoms with van der Waals surface area (Å²) in [5, 5.41) is 5.64. The lowest BCUT2D eigenvalue weighted by molar-refractivity contribution is -0.116. The summed E-state index contributed by atoms with van der Waals surface area (Å²) in [5.41, 5.74) is 0.0276. The van der Waals surface area contributed by atoms with Crippen molar-refractivity contribution in [3.63, 3.8) is 0 Å². The lowest BCUT2D eigenvalue weighted by Gasteiger charge is -2.45. The number of rotatable bonds is 7. The lowest BCUT2D eigenvalue weighted by atomic mass is 9.73. The van der Waals surface area contributed by atoms with Gasteiger partial charge in [-0.25, -0.2) is 18.4 Å². The van der Waals surface area contributed by atoms with Gasteiger partial charge in [0.15, 0.2) is 5.16 Å². The molecule has 4 nitrogen and oxygen atoms in total. The Balaban J connectivity index is 1.87. The topological polar surface area (TPSA) is 39.9 Å². The minimum atomic E-state index is -1.13. The van der Waals surface area contributed by atoms with Crippen molar-refractivity contribution in [1.82, 2.24) is 14.8 Å². The van der Waals surface area contributed by atoms with Crippen LogP contribution >= 0.6 is 23.4 Å². The van der Waals surface area contributed by atoms with Gasteiger partial charge in [-0.3, -0.25) is 0 Å². The molecule has 0 saturated carbocycles. The Morgan fingerprint density at radius 2 is 2.13 bits per heavy atom. The number of thioether (sulfide) groups is 1. The molecule has 3 aromatic rings. The number of nitrogens with zero attached hydrogens (tertiary/aromatic N) is 3. The second kappa shape index (κ2) is 9.51. The van der Waals surface area contributed by atoms with Gasteiger partial charge in [-0.1, -0.05) is 53.7 Å². The van der Waals surface area contributed by atoms with E-state index in [4.69, 9.17) is 16.3 Å². The van der Waals surface area contributed by atoms with E-state index in [2.05, 4.69) is 16.7 Å². The summed E-state index contributed by atoms with van der Waals surface area (Å²) in [4.78, 5) is 4.33. The van der Waals surface area contributed by atoms with Gasteiger partial charge in [-0.05, 0) is 30.5 Å². The Bertz CT molecular complexity index is 1080. The number of ether oxygens (including phenoxy) is 1. The third-order valence-electron chi connectivity index (χ3n) is 5.52. The van der Waals surface area contributed by atoms with Gasteiger partial charge in [0.05, 0.1) is 6.54 Å². The molecule has 2 aromatic carbocycles. The highest BCUT2D eigenvalue weighted by Gasteiger charge is 2.47. The number of aromatic nitrogens is 3. The summed E-state index contributed by atoms with van der Waals surface area (Å²) < 4.78 is 37.0. The maximum absolute atomic E-state index is 15.2. The van der Waals surface area contributed by atoms with Gasteiger partial charge in [0.1, 0.15) is 23.6 Å². The van der Waals surface area contributed by atoms with Crippen molar-refractivity contribution in [2.45, 2.75) is 36.1 Å². The fourth-order valence-corrected chi connectivity index (χ4v) is 5.13. The summed E-state index contributed by atoms with van der Waals surface area (Å²) >= 11 is 8.04. The third kappa shape index (κ3) is 4.40. The lowest BCUT2D eigenvalue weighted by Crippen LogP contribution is -2.45. The van der Waals surface area contributed by atoms with E-state index < -0.39 is 17.2 Å². The number of halogens is 3. The highest BCUT2D eigenvalue weighted by molar-refractivity contribution is 7.99. The van der Waals surface area contributed by atoms with Crippen molar-refractivity contribution in [1.29, 1.82) is 0 Å². The van der Waals surface area contributed by atoms with Gasteiger partial charge in [0.25, 0.3) is 0 Å².